The first kappa shape index (κ1) is 18.3. The largest absolute Gasteiger partial charge is 0.316 e. The Morgan fingerprint density at radius 2 is 1.93 bits per heavy atom. The van der Waals surface area contributed by atoms with Crippen LogP contribution in [0.1, 0.15) is 29.1 Å². The summed E-state index contributed by atoms with van der Waals surface area (Å²) < 4.78 is 6.28. The highest BCUT2D eigenvalue weighted by atomic mass is 32.1. The lowest BCUT2D eigenvalue weighted by atomic mass is 10.1. The number of carbonyl (C=O) groups is 1. The van der Waals surface area contributed by atoms with Gasteiger partial charge in [-0.1, -0.05) is 30.3 Å². The molecule has 7 heteroatoms. The molecule has 142 valence electrons. The molecule has 3 heterocycles. The molecule has 1 N–H and O–H groups in total. The maximum atomic E-state index is 12.4. The van der Waals surface area contributed by atoms with E-state index in [4.69, 9.17) is 0 Å². The number of anilines is 1. The number of carbonyl (C=O) groups excluding carboxylic acids is 1. The van der Waals surface area contributed by atoms with Gasteiger partial charge in [0, 0.05) is 35.5 Å². The van der Waals surface area contributed by atoms with E-state index >= 15 is 0 Å². The van der Waals surface area contributed by atoms with Gasteiger partial charge in [0.25, 0.3) is 0 Å². The van der Waals surface area contributed by atoms with Gasteiger partial charge in [-0.2, -0.15) is 9.47 Å². The summed E-state index contributed by atoms with van der Waals surface area (Å²) in [5.74, 6) is -0.0289. The predicted molar refractivity (Wildman–Crippen MR) is 112 cm³/mol. The third-order valence-electron chi connectivity index (χ3n) is 4.73. The van der Waals surface area contributed by atoms with Crippen molar-refractivity contribution in [1.82, 2.24) is 19.0 Å². The van der Waals surface area contributed by atoms with Gasteiger partial charge >= 0.3 is 0 Å². The second-order valence-corrected chi connectivity index (χ2v) is 7.61. The first-order valence-corrected chi connectivity index (χ1v) is 9.93. The molecule has 1 amide bonds. The van der Waals surface area contributed by atoms with Gasteiger partial charge in [-0.15, -0.1) is 0 Å². The molecule has 6 nitrogen and oxygen atoms in total. The summed E-state index contributed by atoms with van der Waals surface area (Å²) in [5, 5.41) is 8.20. The standard InChI is InChI=1S/C21H21N5OS/c1-13-11-19-22-14(2)17(15(3)26(19)24-13)9-10-20(27)23-21-12-18(25-28-21)16-7-5-4-6-8-16/h4-8,11-12H,9-10H2,1-3H3,(H,23,27). The van der Waals surface area contributed by atoms with Crippen molar-refractivity contribution >= 4 is 28.1 Å². The lowest BCUT2D eigenvalue weighted by Crippen LogP contribution is -2.13. The van der Waals surface area contributed by atoms with E-state index in [2.05, 4.69) is 19.8 Å². The van der Waals surface area contributed by atoms with Gasteiger partial charge in [0.05, 0.1) is 11.4 Å². The molecule has 0 aliphatic rings. The molecule has 4 aromatic rings. The molecule has 0 unspecified atom stereocenters. The summed E-state index contributed by atoms with van der Waals surface area (Å²) in [4.78, 5) is 17.1. The zero-order chi connectivity index (χ0) is 19.7. The molecule has 0 fully saturated rings. The van der Waals surface area contributed by atoms with Gasteiger partial charge < -0.3 is 5.32 Å². The van der Waals surface area contributed by atoms with Gasteiger partial charge in [-0.25, -0.2) is 9.50 Å². The number of aromatic nitrogens is 4. The van der Waals surface area contributed by atoms with Crippen molar-refractivity contribution < 1.29 is 4.79 Å². The summed E-state index contributed by atoms with van der Waals surface area (Å²) in [6.45, 7) is 5.96. The van der Waals surface area contributed by atoms with Crippen molar-refractivity contribution in [3.63, 3.8) is 0 Å². The van der Waals surface area contributed by atoms with Crippen molar-refractivity contribution in [3.05, 3.63) is 65.1 Å². The number of hydrogen-bond donors (Lipinski definition) is 1. The lowest BCUT2D eigenvalue weighted by molar-refractivity contribution is -0.116. The maximum absolute atomic E-state index is 12.4. The molecule has 28 heavy (non-hydrogen) atoms. The molecule has 0 aliphatic carbocycles. The number of hydrogen-bond acceptors (Lipinski definition) is 5. The quantitative estimate of drug-likeness (QED) is 0.549. The highest BCUT2D eigenvalue weighted by Crippen LogP contribution is 2.25. The average Bonchev–Trinajstić information content (AvgIpc) is 3.28. The smallest absolute Gasteiger partial charge is 0.225 e. The minimum atomic E-state index is -0.0289. The van der Waals surface area contributed by atoms with E-state index in [1.807, 2.05) is 67.8 Å². The third-order valence-corrected chi connectivity index (χ3v) is 5.44. The first-order valence-electron chi connectivity index (χ1n) is 9.15. The predicted octanol–water partition coefficient (Wildman–Crippen LogP) is 4.35. The van der Waals surface area contributed by atoms with Crippen molar-refractivity contribution in [3.8, 4) is 11.3 Å². The number of benzene rings is 1. The molecule has 0 saturated carbocycles. The Bertz CT molecular complexity index is 1150. The van der Waals surface area contributed by atoms with Crippen LogP contribution >= 0.6 is 11.5 Å². The van der Waals surface area contributed by atoms with Crippen molar-refractivity contribution in [1.29, 1.82) is 0 Å². The number of fused-ring (bicyclic) bond motifs is 1. The molecular weight excluding hydrogens is 370 g/mol. The minimum Gasteiger partial charge on any atom is -0.316 e. The van der Waals surface area contributed by atoms with Crippen LogP contribution < -0.4 is 5.32 Å². The van der Waals surface area contributed by atoms with Crippen molar-refractivity contribution in [2.24, 2.45) is 0 Å². The van der Waals surface area contributed by atoms with Crippen LogP contribution in [-0.4, -0.2) is 24.9 Å². The number of nitrogens with zero attached hydrogens (tertiary/aromatic N) is 4. The number of amides is 1. The van der Waals surface area contributed by atoms with Crippen LogP contribution in [0.4, 0.5) is 5.00 Å². The fourth-order valence-corrected chi connectivity index (χ4v) is 4.00. The Morgan fingerprint density at radius 1 is 1.14 bits per heavy atom. The Labute approximate surface area is 167 Å². The van der Waals surface area contributed by atoms with E-state index in [9.17, 15) is 4.79 Å². The molecule has 0 radical (unpaired) electrons. The van der Waals surface area contributed by atoms with E-state index in [-0.39, 0.29) is 5.91 Å². The second-order valence-electron chi connectivity index (χ2n) is 6.81. The molecule has 0 bridgehead atoms. The Balaban J connectivity index is 1.44. The lowest BCUT2D eigenvalue weighted by Gasteiger charge is -2.10. The summed E-state index contributed by atoms with van der Waals surface area (Å²) in [6.07, 6.45) is 1.00. The maximum Gasteiger partial charge on any atom is 0.225 e. The molecule has 1 aromatic carbocycles. The van der Waals surface area contributed by atoms with Gasteiger partial charge in [0.15, 0.2) is 5.65 Å². The van der Waals surface area contributed by atoms with E-state index in [1.165, 1.54) is 11.5 Å². The summed E-state index contributed by atoms with van der Waals surface area (Å²) in [5.41, 5.74) is 6.74. The van der Waals surface area contributed by atoms with Gasteiger partial charge in [0.1, 0.15) is 5.00 Å². The van der Waals surface area contributed by atoms with Crippen LogP contribution in [0.5, 0.6) is 0 Å². The Morgan fingerprint density at radius 3 is 2.71 bits per heavy atom. The first-order chi connectivity index (χ1) is 13.5. The van der Waals surface area contributed by atoms with Crippen LogP contribution in [0, 0.1) is 20.8 Å². The van der Waals surface area contributed by atoms with Gasteiger partial charge in [-0.3, -0.25) is 4.79 Å². The third kappa shape index (κ3) is 3.66. The zero-order valence-electron chi connectivity index (χ0n) is 16.1. The molecule has 0 atom stereocenters. The van der Waals surface area contributed by atoms with E-state index in [0.717, 1.165) is 44.6 Å². The SMILES string of the molecule is Cc1cc2nc(C)c(CCC(=O)Nc3cc(-c4ccccc4)ns3)c(C)n2n1. The van der Waals surface area contributed by atoms with Gasteiger partial charge in [-0.05, 0) is 44.3 Å². The number of aryl methyl sites for hydroxylation is 3. The number of nitrogens with one attached hydrogen (secondary N) is 1. The average molecular weight is 392 g/mol. The fraction of sp³-hybridized carbons (Fsp3) is 0.238. The minimum absolute atomic E-state index is 0.0289. The van der Waals surface area contributed by atoms with Crippen LogP contribution in [-0.2, 0) is 11.2 Å². The highest BCUT2D eigenvalue weighted by molar-refractivity contribution is 7.10. The fourth-order valence-electron chi connectivity index (χ4n) is 3.32. The Kier molecular flexibility index (Phi) is 4.92. The van der Waals surface area contributed by atoms with Crippen LogP contribution in [0.2, 0.25) is 0 Å². The summed E-state index contributed by atoms with van der Waals surface area (Å²) >= 11 is 1.30. The number of rotatable bonds is 5. The second kappa shape index (κ2) is 7.52. The normalized spacial score (nSPS) is 11.1. The summed E-state index contributed by atoms with van der Waals surface area (Å²) in [7, 11) is 0. The van der Waals surface area contributed by atoms with Gasteiger partial charge in [0.2, 0.25) is 5.91 Å². The highest BCUT2D eigenvalue weighted by Gasteiger charge is 2.14. The molecule has 0 spiro atoms. The molecule has 0 aliphatic heterocycles. The topological polar surface area (TPSA) is 72.2 Å². The van der Waals surface area contributed by atoms with Crippen molar-refractivity contribution in [2.45, 2.75) is 33.6 Å². The molecule has 0 saturated heterocycles. The Hall–Kier alpha value is -3.06. The molecule has 3 aromatic heterocycles. The zero-order valence-corrected chi connectivity index (χ0v) is 16.9. The van der Waals surface area contributed by atoms with E-state index in [1.54, 1.807) is 0 Å². The van der Waals surface area contributed by atoms with Crippen LogP contribution in [0.25, 0.3) is 16.9 Å². The molecular formula is C21H21N5OS. The molecule has 4 rings (SSSR count). The van der Waals surface area contributed by atoms with Crippen LogP contribution in [0.3, 0.4) is 0 Å². The summed E-state index contributed by atoms with van der Waals surface area (Å²) in [6, 6.07) is 13.8. The van der Waals surface area contributed by atoms with E-state index in [0.29, 0.717) is 12.8 Å². The van der Waals surface area contributed by atoms with Crippen LogP contribution in [0.15, 0.2) is 42.5 Å². The monoisotopic (exact) mass is 391 g/mol. The van der Waals surface area contributed by atoms with Crippen molar-refractivity contribution in [2.75, 3.05) is 5.32 Å². The van der Waals surface area contributed by atoms with E-state index < -0.39 is 0 Å².